The Morgan fingerprint density at radius 1 is 0.765 bits per heavy atom. The Bertz CT molecular complexity index is 721. The zero-order chi connectivity index (χ0) is 25.5. The van der Waals surface area contributed by atoms with Crippen LogP contribution in [-0.2, 0) is 14.3 Å². The van der Waals surface area contributed by atoms with E-state index < -0.39 is 18.0 Å². The van der Waals surface area contributed by atoms with E-state index in [9.17, 15) is 14.7 Å². The molecule has 0 rings (SSSR count). The lowest BCUT2D eigenvalue weighted by molar-refractivity contribution is -0.873. The molecule has 0 amide bonds. The normalized spacial score (nSPS) is 14.0. The molecule has 5 nitrogen and oxygen atoms in total. The van der Waals surface area contributed by atoms with Crippen LogP contribution in [0.5, 0.6) is 0 Å². The Morgan fingerprint density at radius 2 is 1.26 bits per heavy atom. The second-order valence-electron chi connectivity index (χ2n) is 9.34. The molecular weight excluding hydrogens is 426 g/mol. The summed E-state index contributed by atoms with van der Waals surface area (Å²) < 4.78 is 5.72. The van der Waals surface area contributed by atoms with Crippen LogP contribution in [0.2, 0.25) is 0 Å². The van der Waals surface area contributed by atoms with Crippen molar-refractivity contribution in [1.82, 2.24) is 0 Å². The van der Waals surface area contributed by atoms with Crippen molar-refractivity contribution in [3.05, 3.63) is 72.9 Å². The van der Waals surface area contributed by atoms with Crippen molar-refractivity contribution in [2.45, 2.75) is 70.8 Å². The highest BCUT2D eigenvalue weighted by Gasteiger charge is 2.21. The Morgan fingerprint density at radius 3 is 1.79 bits per heavy atom. The summed E-state index contributed by atoms with van der Waals surface area (Å²) in [4.78, 5) is 22.8. The molecule has 0 N–H and O–H groups in total. The van der Waals surface area contributed by atoms with E-state index in [0.717, 1.165) is 6.42 Å². The number of carboxylic acids is 1. The number of rotatable bonds is 19. The zero-order valence-corrected chi connectivity index (χ0v) is 21.7. The van der Waals surface area contributed by atoms with Gasteiger partial charge in [0.15, 0.2) is 6.10 Å². The summed E-state index contributed by atoms with van der Waals surface area (Å²) in [7, 11) is 5.71. The third kappa shape index (κ3) is 24.0. The summed E-state index contributed by atoms with van der Waals surface area (Å²) in [5.74, 6) is -1.80. The summed E-state index contributed by atoms with van der Waals surface area (Å²) >= 11 is 0. The van der Waals surface area contributed by atoms with Gasteiger partial charge in [-0.2, -0.15) is 0 Å². The van der Waals surface area contributed by atoms with Gasteiger partial charge in [0, 0.05) is 18.5 Å². The third-order valence-electron chi connectivity index (χ3n) is 4.77. The molecule has 190 valence electrons. The van der Waals surface area contributed by atoms with Gasteiger partial charge in [0.2, 0.25) is 0 Å². The molecule has 0 bridgehead atoms. The minimum atomic E-state index is -1.23. The third-order valence-corrected chi connectivity index (χ3v) is 4.77. The van der Waals surface area contributed by atoms with Crippen molar-refractivity contribution in [2.75, 3.05) is 27.7 Å². The van der Waals surface area contributed by atoms with Gasteiger partial charge in [-0.1, -0.05) is 112 Å². The maximum atomic E-state index is 11.9. The predicted octanol–water partition coefficient (Wildman–Crippen LogP) is 5.22. The molecule has 1 atom stereocenters. The van der Waals surface area contributed by atoms with E-state index >= 15 is 0 Å². The molecule has 0 aromatic carbocycles. The van der Waals surface area contributed by atoms with E-state index in [2.05, 4.69) is 19.1 Å². The second kappa shape index (κ2) is 20.9. The highest BCUT2D eigenvalue weighted by Crippen LogP contribution is 2.08. The Kier molecular flexibility index (Phi) is 19.3. The Labute approximate surface area is 207 Å². The number of quaternary nitrogens is 1. The van der Waals surface area contributed by atoms with Crippen LogP contribution in [0.15, 0.2) is 72.9 Å². The minimum Gasteiger partial charge on any atom is -0.550 e. The highest BCUT2D eigenvalue weighted by atomic mass is 16.5. The average Bonchev–Trinajstić information content (AvgIpc) is 2.73. The lowest BCUT2D eigenvalue weighted by Gasteiger charge is -2.28. The van der Waals surface area contributed by atoms with Crippen molar-refractivity contribution in [1.29, 1.82) is 0 Å². The molecule has 0 saturated carbocycles. The van der Waals surface area contributed by atoms with E-state index in [4.69, 9.17) is 4.74 Å². The number of unbranched alkanes of at least 4 members (excludes halogenated alkanes) is 7. The number of likely N-dealkylation sites (N-methyl/N-ethyl adjacent to an activating group) is 1. The van der Waals surface area contributed by atoms with Crippen LogP contribution in [0.25, 0.3) is 0 Å². The molecular formula is C29H45NO4. The molecule has 0 saturated heterocycles. The predicted molar refractivity (Wildman–Crippen MR) is 140 cm³/mol. The van der Waals surface area contributed by atoms with Crippen molar-refractivity contribution in [3.8, 4) is 0 Å². The summed E-state index contributed by atoms with van der Waals surface area (Å²) in [6, 6.07) is 0. The first-order chi connectivity index (χ1) is 16.2. The number of aliphatic carboxylic acids is 1. The topological polar surface area (TPSA) is 66.4 Å². The molecule has 0 aliphatic heterocycles. The molecule has 0 aromatic heterocycles. The summed E-state index contributed by atoms with van der Waals surface area (Å²) in [6.45, 7) is 2.64. The fraction of sp³-hybridized carbons (Fsp3) is 0.517. The summed E-state index contributed by atoms with van der Waals surface area (Å²) in [5, 5.41) is 10.9. The molecule has 0 aliphatic rings. The van der Waals surface area contributed by atoms with E-state index in [1.165, 1.54) is 51.0 Å². The van der Waals surface area contributed by atoms with Crippen LogP contribution in [0.1, 0.15) is 64.7 Å². The van der Waals surface area contributed by atoms with Crippen LogP contribution in [0.3, 0.4) is 0 Å². The van der Waals surface area contributed by atoms with Crippen molar-refractivity contribution in [3.63, 3.8) is 0 Å². The standard InChI is InChI=1S/C29H45NO4/c1-5-6-7-8-9-10-11-12-13-14-15-16-17-18-19-20-21-22-23-24-29(33)34-27(25-28(31)32)26-30(2,3)4/h13-24,27H,5-12,25-26H2,1-4H3/t27-/m1/s1. The fourth-order valence-corrected chi connectivity index (χ4v) is 3.19. The lowest BCUT2D eigenvalue weighted by Crippen LogP contribution is -2.45. The van der Waals surface area contributed by atoms with Gasteiger partial charge >= 0.3 is 5.97 Å². The largest absolute Gasteiger partial charge is 0.550 e. The van der Waals surface area contributed by atoms with E-state index in [1.807, 2.05) is 57.6 Å². The van der Waals surface area contributed by atoms with Crippen LogP contribution < -0.4 is 5.11 Å². The molecule has 0 spiro atoms. The minimum absolute atomic E-state index is 0.316. The summed E-state index contributed by atoms with van der Waals surface area (Å²) in [5.41, 5.74) is 0. The fourth-order valence-electron chi connectivity index (χ4n) is 3.19. The smallest absolute Gasteiger partial charge is 0.331 e. The second-order valence-corrected chi connectivity index (χ2v) is 9.34. The molecule has 0 radical (unpaired) electrons. The number of carbonyl (C=O) groups excluding carboxylic acids is 2. The maximum Gasteiger partial charge on any atom is 0.331 e. The van der Waals surface area contributed by atoms with Gasteiger partial charge in [-0.3, -0.25) is 0 Å². The van der Waals surface area contributed by atoms with Crippen LogP contribution in [0, 0.1) is 0 Å². The van der Waals surface area contributed by atoms with Crippen molar-refractivity contribution >= 4 is 11.9 Å². The van der Waals surface area contributed by atoms with Gasteiger partial charge in [0.05, 0.1) is 21.1 Å². The van der Waals surface area contributed by atoms with Crippen LogP contribution >= 0.6 is 0 Å². The van der Waals surface area contributed by atoms with Crippen molar-refractivity contribution in [2.24, 2.45) is 0 Å². The van der Waals surface area contributed by atoms with Gasteiger partial charge in [0.1, 0.15) is 6.54 Å². The van der Waals surface area contributed by atoms with Crippen LogP contribution in [-0.4, -0.2) is 50.2 Å². The van der Waals surface area contributed by atoms with Gasteiger partial charge in [-0.25, -0.2) is 4.79 Å². The number of esters is 1. The number of carbonyl (C=O) groups is 2. The quantitative estimate of drug-likeness (QED) is 0.0851. The van der Waals surface area contributed by atoms with Crippen molar-refractivity contribution < 1.29 is 23.9 Å². The number of ether oxygens (including phenoxy) is 1. The van der Waals surface area contributed by atoms with E-state index in [0.29, 0.717) is 11.0 Å². The Hall–Kier alpha value is -2.66. The average molecular weight is 472 g/mol. The maximum absolute atomic E-state index is 11.9. The molecule has 0 aliphatic carbocycles. The number of nitrogens with zero attached hydrogens (tertiary/aromatic N) is 1. The van der Waals surface area contributed by atoms with E-state index in [-0.39, 0.29) is 6.42 Å². The SMILES string of the molecule is CCCCCCCCCC=CC=CC=CC=CC=CC=CC(=O)O[C@H](CC(=O)[O-])C[N+](C)(C)C. The lowest BCUT2D eigenvalue weighted by atomic mass is 10.1. The number of carboxylic acid groups (broad SMARTS) is 1. The first-order valence-corrected chi connectivity index (χ1v) is 12.5. The molecule has 0 unspecified atom stereocenters. The van der Waals surface area contributed by atoms with Gasteiger partial charge in [-0.15, -0.1) is 0 Å². The van der Waals surface area contributed by atoms with Gasteiger partial charge in [0.25, 0.3) is 0 Å². The molecule has 0 aromatic rings. The molecule has 0 heterocycles. The zero-order valence-electron chi connectivity index (χ0n) is 21.7. The first-order valence-electron chi connectivity index (χ1n) is 12.5. The van der Waals surface area contributed by atoms with E-state index in [1.54, 1.807) is 18.2 Å². The molecule has 5 heteroatoms. The monoisotopic (exact) mass is 471 g/mol. The van der Waals surface area contributed by atoms with Crippen LogP contribution in [0.4, 0.5) is 0 Å². The van der Waals surface area contributed by atoms with Gasteiger partial charge in [-0.05, 0) is 12.8 Å². The summed E-state index contributed by atoms with van der Waals surface area (Å²) in [6.07, 6.45) is 31.8. The Balaban J connectivity index is 4.07. The highest BCUT2D eigenvalue weighted by molar-refractivity contribution is 5.82. The number of hydrogen-bond donors (Lipinski definition) is 0. The molecule has 0 fully saturated rings. The number of hydrogen-bond acceptors (Lipinski definition) is 4. The molecule has 34 heavy (non-hydrogen) atoms. The first kappa shape index (κ1) is 31.3. The van der Waals surface area contributed by atoms with Gasteiger partial charge < -0.3 is 19.1 Å². The number of allylic oxidation sites excluding steroid dienone is 11.